The SMILES string of the molecule is Cc1cc(N2CC[C@H]3[C@@H]2CCN3CCC2CCC(NC(=O)c3cnc(-n4ncc5cc(C#N)cnc54)cc3N[C@H](C)C#N)CC2)ccc1N1CCC(=O)NC1=O. The van der Waals surface area contributed by atoms with Crippen molar-refractivity contribution in [1.29, 1.82) is 10.5 Å². The summed E-state index contributed by atoms with van der Waals surface area (Å²) in [5.41, 5.74) is 4.90. The molecule has 8 rings (SSSR count). The van der Waals surface area contributed by atoms with E-state index < -0.39 is 6.04 Å². The van der Waals surface area contributed by atoms with Crippen molar-refractivity contribution in [3.05, 3.63) is 65.6 Å². The molecule has 6 heterocycles. The first-order chi connectivity index (χ1) is 27.2. The van der Waals surface area contributed by atoms with E-state index in [1.165, 1.54) is 18.1 Å². The van der Waals surface area contributed by atoms with Gasteiger partial charge < -0.3 is 15.5 Å². The molecule has 4 aromatic rings. The normalized spacial score (nSPS) is 23.0. The lowest BCUT2D eigenvalue weighted by atomic mass is 9.84. The van der Waals surface area contributed by atoms with E-state index in [0.717, 1.165) is 75.8 Å². The third kappa shape index (κ3) is 7.34. The number of fused-ring (bicyclic) bond motifs is 2. The van der Waals surface area contributed by atoms with Crippen molar-refractivity contribution in [3.63, 3.8) is 0 Å². The summed E-state index contributed by atoms with van der Waals surface area (Å²) in [6.07, 6.45) is 12.3. The molecule has 4 aliphatic rings. The number of nitrogens with zero attached hydrogens (tertiary/aromatic N) is 9. The number of amides is 4. The summed E-state index contributed by atoms with van der Waals surface area (Å²) in [6, 6.07) is 14.2. The molecule has 3 atom stereocenters. The zero-order valence-electron chi connectivity index (χ0n) is 31.7. The van der Waals surface area contributed by atoms with E-state index in [4.69, 9.17) is 0 Å². The lowest BCUT2D eigenvalue weighted by molar-refractivity contribution is -0.120. The second-order valence-electron chi connectivity index (χ2n) is 15.5. The zero-order chi connectivity index (χ0) is 38.9. The Morgan fingerprint density at radius 2 is 1.80 bits per heavy atom. The molecule has 56 heavy (non-hydrogen) atoms. The van der Waals surface area contributed by atoms with Crippen LogP contribution in [0.4, 0.5) is 21.9 Å². The van der Waals surface area contributed by atoms with Gasteiger partial charge in [0, 0.05) is 79.4 Å². The first-order valence-corrected chi connectivity index (χ1v) is 19.6. The van der Waals surface area contributed by atoms with Gasteiger partial charge in [0.1, 0.15) is 12.1 Å². The summed E-state index contributed by atoms with van der Waals surface area (Å²) < 4.78 is 1.55. The molecule has 0 bridgehead atoms. The minimum atomic E-state index is -0.544. The Bertz CT molecular complexity index is 2250. The van der Waals surface area contributed by atoms with E-state index in [9.17, 15) is 24.9 Å². The van der Waals surface area contributed by atoms with E-state index in [1.807, 2.05) is 13.0 Å². The van der Waals surface area contributed by atoms with Crippen molar-refractivity contribution >= 4 is 45.9 Å². The minimum absolute atomic E-state index is 0.0643. The highest BCUT2D eigenvalue weighted by Gasteiger charge is 2.42. The van der Waals surface area contributed by atoms with Crippen LogP contribution in [0.2, 0.25) is 0 Å². The number of nitriles is 2. The molecular weight excluding hydrogens is 709 g/mol. The van der Waals surface area contributed by atoms with Crippen LogP contribution in [-0.2, 0) is 4.79 Å². The second-order valence-corrected chi connectivity index (χ2v) is 15.5. The number of urea groups is 1. The number of carbonyl (C=O) groups excluding carboxylic acids is 3. The van der Waals surface area contributed by atoms with Crippen molar-refractivity contribution in [3.8, 4) is 18.0 Å². The molecular formula is C41H46N12O3. The van der Waals surface area contributed by atoms with Gasteiger partial charge in [0.25, 0.3) is 5.91 Å². The lowest BCUT2D eigenvalue weighted by Crippen LogP contribution is -2.49. The summed E-state index contributed by atoms with van der Waals surface area (Å²) in [5.74, 6) is 0.602. The number of hydrogen-bond acceptors (Lipinski definition) is 11. The first kappa shape index (κ1) is 36.9. The summed E-state index contributed by atoms with van der Waals surface area (Å²) in [5, 5.41) is 32.7. The Balaban J connectivity index is 0.839. The predicted octanol–water partition coefficient (Wildman–Crippen LogP) is 4.80. The maximum absolute atomic E-state index is 13.7. The van der Waals surface area contributed by atoms with Crippen LogP contribution in [0.1, 0.15) is 79.8 Å². The maximum atomic E-state index is 13.7. The number of pyridine rings is 2. The van der Waals surface area contributed by atoms with Crippen LogP contribution in [0.5, 0.6) is 0 Å². The van der Waals surface area contributed by atoms with Gasteiger partial charge in [-0.2, -0.15) is 20.3 Å². The Labute approximate surface area is 325 Å². The number of imide groups is 1. The molecule has 15 nitrogen and oxygen atoms in total. The fraction of sp³-hybridized carbons (Fsp3) is 0.463. The van der Waals surface area contributed by atoms with Gasteiger partial charge in [-0.1, -0.05) is 0 Å². The molecule has 0 unspecified atom stereocenters. The number of nitrogens with one attached hydrogen (secondary N) is 3. The Morgan fingerprint density at radius 1 is 0.982 bits per heavy atom. The van der Waals surface area contributed by atoms with Crippen molar-refractivity contribution in [1.82, 2.24) is 35.3 Å². The molecule has 4 amide bonds. The molecule has 0 radical (unpaired) electrons. The number of likely N-dealkylation sites (tertiary alicyclic amines) is 1. The quantitative estimate of drug-likeness (QED) is 0.202. The molecule has 3 aliphatic heterocycles. The smallest absolute Gasteiger partial charge is 0.328 e. The number of anilines is 3. The molecule has 1 saturated carbocycles. The highest BCUT2D eigenvalue weighted by molar-refractivity contribution is 6.06. The first-order valence-electron chi connectivity index (χ1n) is 19.6. The molecule has 1 aliphatic carbocycles. The van der Waals surface area contributed by atoms with Gasteiger partial charge in [0.2, 0.25) is 5.91 Å². The van der Waals surface area contributed by atoms with E-state index >= 15 is 0 Å². The van der Waals surface area contributed by atoms with Crippen LogP contribution in [0.3, 0.4) is 0 Å². The van der Waals surface area contributed by atoms with E-state index in [1.54, 1.807) is 34.8 Å². The monoisotopic (exact) mass is 754 g/mol. The fourth-order valence-corrected chi connectivity index (χ4v) is 9.07. The molecule has 288 valence electrons. The van der Waals surface area contributed by atoms with Gasteiger partial charge in [-0.3, -0.25) is 24.7 Å². The predicted molar refractivity (Wildman–Crippen MR) is 210 cm³/mol. The van der Waals surface area contributed by atoms with Gasteiger partial charge in [-0.05, 0) is 101 Å². The molecule has 3 N–H and O–H groups in total. The van der Waals surface area contributed by atoms with Gasteiger partial charge in [-0.15, -0.1) is 0 Å². The molecule has 0 spiro atoms. The molecule has 3 saturated heterocycles. The van der Waals surface area contributed by atoms with Crippen LogP contribution >= 0.6 is 0 Å². The Kier molecular flexibility index (Phi) is 10.3. The molecule has 4 fully saturated rings. The summed E-state index contributed by atoms with van der Waals surface area (Å²) in [7, 11) is 0. The van der Waals surface area contributed by atoms with Crippen LogP contribution in [0, 0.1) is 35.5 Å². The average molecular weight is 755 g/mol. The number of aromatic nitrogens is 4. The topological polar surface area (TPSA) is 188 Å². The van der Waals surface area contributed by atoms with Gasteiger partial charge in [0.05, 0.1) is 29.1 Å². The third-order valence-corrected chi connectivity index (χ3v) is 12.0. The largest absolute Gasteiger partial charge is 0.369 e. The summed E-state index contributed by atoms with van der Waals surface area (Å²) in [6.45, 7) is 7.36. The molecule has 15 heteroatoms. The average Bonchev–Trinajstić information content (AvgIpc) is 3.93. The maximum Gasteiger partial charge on any atom is 0.328 e. The van der Waals surface area contributed by atoms with Crippen molar-refractivity contribution < 1.29 is 14.4 Å². The van der Waals surface area contributed by atoms with Crippen LogP contribution in [0.15, 0.2) is 48.9 Å². The van der Waals surface area contributed by atoms with Crippen LogP contribution in [0.25, 0.3) is 16.9 Å². The summed E-state index contributed by atoms with van der Waals surface area (Å²) >= 11 is 0. The standard InChI is InChI=1S/C41H46N12O3/c1-25-17-31(7-8-34(25)52-16-12-38(54)49-41(52)56)51-15-11-35-36(51)10-14-50(35)13-9-27-3-5-30(6-4-27)48-40(55)32-24-44-37(19-33(32)47-26(2)20-42)53-39-29(23-46-53)18-28(21-43)22-45-39/h7-8,17-19,22-24,26-27,30,35-36H,3-6,9-16H2,1-2H3,(H,44,47)(H,48,55)(H,49,54,56)/t26-,27?,30?,35+,36+/m1/s1. The Hall–Kier alpha value is -6.06. The number of rotatable bonds is 10. The van der Waals surface area contributed by atoms with E-state index in [0.29, 0.717) is 64.6 Å². The van der Waals surface area contributed by atoms with Crippen molar-refractivity contribution in [2.24, 2.45) is 5.92 Å². The lowest BCUT2D eigenvalue weighted by Gasteiger charge is -2.32. The highest BCUT2D eigenvalue weighted by Crippen LogP contribution is 2.38. The van der Waals surface area contributed by atoms with Crippen molar-refractivity contribution in [2.45, 2.75) is 89.4 Å². The minimum Gasteiger partial charge on any atom is -0.369 e. The number of hydrogen-bond donors (Lipinski definition) is 3. The number of benzene rings is 1. The van der Waals surface area contributed by atoms with Gasteiger partial charge >= 0.3 is 6.03 Å². The third-order valence-electron chi connectivity index (χ3n) is 12.0. The van der Waals surface area contributed by atoms with Crippen LogP contribution in [-0.4, -0.2) is 92.8 Å². The number of aryl methyl sites for hydroxylation is 1. The van der Waals surface area contributed by atoms with Crippen molar-refractivity contribution in [2.75, 3.05) is 41.3 Å². The Morgan fingerprint density at radius 3 is 2.57 bits per heavy atom. The van der Waals surface area contributed by atoms with Gasteiger partial charge in [0.15, 0.2) is 11.5 Å². The van der Waals surface area contributed by atoms with Gasteiger partial charge in [-0.25, -0.2) is 14.8 Å². The number of carbonyl (C=O) groups is 3. The van der Waals surface area contributed by atoms with E-state index in [2.05, 4.69) is 65.1 Å². The van der Waals surface area contributed by atoms with E-state index in [-0.39, 0.29) is 23.9 Å². The molecule has 1 aromatic carbocycles. The fourth-order valence-electron chi connectivity index (χ4n) is 9.07. The second kappa shape index (κ2) is 15.6. The van der Waals surface area contributed by atoms with Crippen LogP contribution < -0.4 is 25.8 Å². The highest BCUT2D eigenvalue weighted by atomic mass is 16.2. The summed E-state index contributed by atoms with van der Waals surface area (Å²) in [4.78, 5) is 53.6. The molecule has 3 aromatic heterocycles. The zero-order valence-corrected chi connectivity index (χ0v) is 31.7.